The zero-order valence-electron chi connectivity index (χ0n) is 13.6. The van der Waals surface area contributed by atoms with E-state index in [-0.39, 0.29) is 5.91 Å². The highest BCUT2D eigenvalue weighted by Crippen LogP contribution is 2.21. The number of carbonyl (C=O) groups is 1. The molecule has 1 aliphatic rings. The van der Waals surface area contributed by atoms with Crippen molar-refractivity contribution in [3.63, 3.8) is 0 Å². The fraction of sp³-hybridized carbons (Fsp3) is 0.444. The predicted molar refractivity (Wildman–Crippen MR) is 94.0 cm³/mol. The van der Waals surface area contributed by atoms with Gasteiger partial charge in [-0.05, 0) is 38.3 Å². The van der Waals surface area contributed by atoms with Gasteiger partial charge < -0.3 is 10.6 Å². The van der Waals surface area contributed by atoms with E-state index in [0.717, 1.165) is 41.5 Å². The van der Waals surface area contributed by atoms with Crippen LogP contribution in [0.5, 0.6) is 0 Å². The first-order valence-corrected chi connectivity index (χ1v) is 8.95. The van der Waals surface area contributed by atoms with Gasteiger partial charge in [-0.2, -0.15) is 0 Å². The summed E-state index contributed by atoms with van der Waals surface area (Å²) in [6, 6.07) is 10.8. The number of hydrogen-bond acceptors (Lipinski definition) is 4. The molecule has 1 saturated heterocycles. The van der Waals surface area contributed by atoms with Crippen LogP contribution in [0.1, 0.15) is 39.3 Å². The zero-order valence-corrected chi connectivity index (χ0v) is 14.5. The van der Waals surface area contributed by atoms with Crippen LogP contribution >= 0.6 is 11.3 Å². The van der Waals surface area contributed by atoms with E-state index in [9.17, 15) is 4.79 Å². The van der Waals surface area contributed by atoms with E-state index in [0.29, 0.717) is 12.0 Å². The molecule has 0 spiro atoms. The molecule has 3 rings (SSSR count). The molecule has 1 aliphatic heterocycles. The highest BCUT2D eigenvalue weighted by molar-refractivity contribution is 7.13. The lowest BCUT2D eigenvalue weighted by molar-refractivity contribution is 0.0951. The lowest BCUT2D eigenvalue weighted by Crippen LogP contribution is -2.30. The van der Waals surface area contributed by atoms with Gasteiger partial charge in [0.25, 0.3) is 5.91 Å². The van der Waals surface area contributed by atoms with E-state index in [1.165, 1.54) is 16.9 Å². The second-order valence-corrected chi connectivity index (χ2v) is 7.39. The van der Waals surface area contributed by atoms with Crippen molar-refractivity contribution < 1.29 is 4.79 Å². The minimum absolute atomic E-state index is 0.0128. The maximum absolute atomic E-state index is 12.4. The Hall–Kier alpha value is -1.72. The van der Waals surface area contributed by atoms with Crippen LogP contribution < -0.4 is 10.6 Å². The number of thiazole rings is 1. The number of aromatic nitrogens is 1. The van der Waals surface area contributed by atoms with Gasteiger partial charge in [0.05, 0.1) is 10.7 Å². The van der Waals surface area contributed by atoms with Crippen molar-refractivity contribution in [1.82, 2.24) is 15.6 Å². The number of benzene rings is 1. The van der Waals surface area contributed by atoms with Crippen molar-refractivity contribution in [3.05, 3.63) is 51.5 Å². The van der Waals surface area contributed by atoms with Crippen molar-refractivity contribution in [2.45, 2.75) is 32.7 Å². The molecule has 2 atom stereocenters. The Labute approximate surface area is 141 Å². The highest BCUT2D eigenvalue weighted by atomic mass is 32.1. The maximum atomic E-state index is 12.4. The van der Waals surface area contributed by atoms with Crippen LogP contribution in [0.2, 0.25) is 0 Å². The molecule has 0 bridgehead atoms. The molecule has 1 aromatic carbocycles. The summed E-state index contributed by atoms with van der Waals surface area (Å²) in [5.41, 5.74) is 2.05. The van der Waals surface area contributed by atoms with Crippen molar-refractivity contribution in [2.75, 3.05) is 13.1 Å². The first-order valence-electron chi connectivity index (χ1n) is 8.13. The number of aryl methyl sites for hydroxylation is 1. The van der Waals surface area contributed by atoms with Gasteiger partial charge in [-0.3, -0.25) is 4.79 Å². The molecule has 1 aromatic heterocycles. The Bertz CT molecular complexity index is 668. The largest absolute Gasteiger partial charge is 0.351 e. The third-order valence-corrected chi connectivity index (χ3v) is 5.39. The third kappa shape index (κ3) is 4.18. The van der Waals surface area contributed by atoms with Crippen molar-refractivity contribution in [2.24, 2.45) is 5.92 Å². The molecule has 2 unspecified atom stereocenters. The SMILES string of the molecule is Cc1nc(Cc2ccccc2)sc1C(=O)NCC1CNC(C)C1. The Morgan fingerprint density at radius 3 is 2.87 bits per heavy atom. The molecule has 5 heteroatoms. The van der Waals surface area contributed by atoms with Crippen LogP contribution in [0.3, 0.4) is 0 Å². The fourth-order valence-corrected chi connectivity index (χ4v) is 4.03. The average molecular weight is 329 g/mol. The van der Waals surface area contributed by atoms with E-state index in [4.69, 9.17) is 0 Å². The van der Waals surface area contributed by atoms with Crippen LogP contribution in [0.25, 0.3) is 0 Å². The summed E-state index contributed by atoms with van der Waals surface area (Å²) in [5, 5.41) is 7.48. The summed E-state index contributed by atoms with van der Waals surface area (Å²) in [4.78, 5) is 17.7. The van der Waals surface area contributed by atoms with Crippen LogP contribution in [-0.2, 0) is 6.42 Å². The summed E-state index contributed by atoms with van der Waals surface area (Å²) >= 11 is 1.51. The lowest BCUT2D eigenvalue weighted by Gasteiger charge is -2.09. The summed E-state index contributed by atoms with van der Waals surface area (Å²) < 4.78 is 0. The molecule has 4 nitrogen and oxygen atoms in total. The van der Waals surface area contributed by atoms with Crippen LogP contribution in [-0.4, -0.2) is 30.0 Å². The van der Waals surface area contributed by atoms with Gasteiger partial charge in [-0.1, -0.05) is 30.3 Å². The number of amides is 1. The monoisotopic (exact) mass is 329 g/mol. The van der Waals surface area contributed by atoms with E-state index in [1.807, 2.05) is 25.1 Å². The first kappa shape index (κ1) is 16.1. The minimum Gasteiger partial charge on any atom is -0.351 e. The Kier molecular flexibility index (Phi) is 5.08. The first-order chi connectivity index (χ1) is 11.1. The molecule has 2 N–H and O–H groups in total. The summed E-state index contributed by atoms with van der Waals surface area (Å²) in [7, 11) is 0. The number of nitrogens with zero attached hydrogens (tertiary/aromatic N) is 1. The van der Waals surface area contributed by atoms with E-state index >= 15 is 0 Å². The second kappa shape index (κ2) is 7.23. The smallest absolute Gasteiger partial charge is 0.263 e. The quantitative estimate of drug-likeness (QED) is 0.887. The molecular weight excluding hydrogens is 306 g/mol. The van der Waals surface area contributed by atoms with Crippen LogP contribution in [0.15, 0.2) is 30.3 Å². The molecule has 0 saturated carbocycles. The van der Waals surface area contributed by atoms with Gasteiger partial charge in [-0.15, -0.1) is 11.3 Å². The summed E-state index contributed by atoms with van der Waals surface area (Å²) in [5.74, 6) is 0.546. The average Bonchev–Trinajstić information content (AvgIpc) is 3.12. The lowest BCUT2D eigenvalue weighted by atomic mass is 10.1. The van der Waals surface area contributed by atoms with Gasteiger partial charge in [0, 0.05) is 19.0 Å². The number of carbonyl (C=O) groups excluding carboxylic acids is 1. The Morgan fingerprint density at radius 1 is 1.39 bits per heavy atom. The molecule has 0 aliphatic carbocycles. The molecule has 1 amide bonds. The van der Waals surface area contributed by atoms with Crippen molar-refractivity contribution in [1.29, 1.82) is 0 Å². The van der Waals surface area contributed by atoms with E-state index < -0.39 is 0 Å². The minimum atomic E-state index is 0.0128. The Balaban J connectivity index is 1.60. The molecule has 2 heterocycles. The van der Waals surface area contributed by atoms with Crippen molar-refractivity contribution in [3.8, 4) is 0 Å². The van der Waals surface area contributed by atoms with Crippen molar-refractivity contribution >= 4 is 17.2 Å². The summed E-state index contributed by atoms with van der Waals surface area (Å²) in [6.45, 7) is 5.83. The van der Waals surface area contributed by atoms with Gasteiger partial charge in [-0.25, -0.2) is 4.98 Å². The Morgan fingerprint density at radius 2 is 2.17 bits per heavy atom. The predicted octanol–water partition coefficient (Wildman–Crippen LogP) is 2.77. The van der Waals surface area contributed by atoms with Gasteiger partial charge in [0.1, 0.15) is 4.88 Å². The number of nitrogens with one attached hydrogen (secondary N) is 2. The molecule has 23 heavy (non-hydrogen) atoms. The van der Waals surface area contributed by atoms with Crippen LogP contribution in [0, 0.1) is 12.8 Å². The van der Waals surface area contributed by atoms with E-state index in [1.54, 1.807) is 0 Å². The number of rotatable bonds is 5. The number of hydrogen-bond donors (Lipinski definition) is 2. The highest BCUT2D eigenvalue weighted by Gasteiger charge is 2.22. The molecule has 122 valence electrons. The normalized spacial score (nSPS) is 20.6. The second-order valence-electron chi connectivity index (χ2n) is 6.31. The standard InChI is InChI=1S/C18H23N3OS/c1-12-8-15(10-19-12)11-20-18(22)17-13(2)21-16(23-17)9-14-6-4-3-5-7-14/h3-7,12,15,19H,8-11H2,1-2H3,(H,20,22). The maximum Gasteiger partial charge on any atom is 0.263 e. The molecule has 1 fully saturated rings. The molecular formula is C18H23N3OS. The van der Waals surface area contributed by atoms with Gasteiger partial charge in [0.15, 0.2) is 0 Å². The topological polar surface area (TPSA) is 54.0 Å². The third-order valence-electron chi connectivity index (χ3n) is 4.24. The summed E-state index contributed by atoms with van der Waals surface area (Å²) in [6.07, 6.45) is 1.91. The molecule has 0 radical (unpaired) electrons. The van der Waals surface area contributed by atoms with Gasteiger partial charge >= 0.3 is 0 Å². The zero-order chi connectivity index (χ0) is 16.2. The van der Waals surface area contributed by atoms with Crippen LogP contribution in [0.4, 0.5) is 0 Å². The fourth-order valence-electron chi connectivity index (χ4n) is 3.02. The van der Waals surface area contributed by atoms with E-state index in [2.05, 4.69) is 34.7 Å². The molecule has 2 aromatic rings. The van der Waals surface area contributed by atoms with Gasteiger partial charge in [0.2, 0.25) is 0 Å².